The molecule has 3 N–H and O–H groups in total. The van der Waals surface area contributed by atoms with Crippen LogP contribution in [-0.2, 0) is 4.79 Å². The Morgan fingerprint density at radius 2 is 1.76 bits per heavy atom. The molecular formula is C20H19N3O2. The fourth-order valence-corrected chi connectivity index (χ4v) is 2.29. The van der Waals surface area contributed by atoms with Gasteiger partial charge in [0.1, 0.15) is 11.6 Å². The second-order valence-corrected chi connectivity index (χ2v) is 5.86. The number of rotatable bonds is 5. The SMILES string of the molecule is CC(C)c1ccc(/C=C(\C#N)C(=O)Nc2ccccc2C(N)=O)cc1. The molecule has 5 heteroatoms. The average molecular weight is 333 g/mol. The molecule has 0 spiro atoms. The van der Waals surface area contributed by atoms with Crippen molar-refractivity contribution in [3.63, 3.8) is 0 Å². The fraction of sp³-hybridized carbons (Fsp3) is 0.150. The summed E-state index contributed by atoms with van der Waals surface area (Å²) in [4.78, 5) is 23.8. The highest BCUT2D eigenvalue weighted by atomic mass is 16.2. The zero-order valence-corrected chi connectivity index (χ0v) is 14.1. The highest BCUT2D eigenvalue weighted by Crippen LogP contribution is 2.18. The van der Waals surface area contributed by atoms with Crippen LogP contribution in [-0.4, -0.2) is 11.8 Å². The van der Waals surface area contributed by atoms with Crippen molar-refractivity contribution < 1.29 is 9.59 Å². The van der Waals surface area contributed by atoms with E-state index in [0.29, 0.717) is 5.92 Å². The number of nitrogens with one attached hydrogen (secondary N) is 1. The number of carbonyl (C=O) groups is 2. The summed E-state index contributed by atoms with van der Waals surface area (Å²) in [7, 11) is 0. The summed E-state index contributed by atoms with van der Waals surface area (Å²) >= 11 is 0. The number of nitriles is 1. The van der Waals surface area contributed by atoms with Gasteiger partial charge in [-0.1, -0.05) is 50.2 Å². The first-order valence-corrected chi connectivity index (χ1v) is 7.84. The molecule has 25 heavy (non-hydrogen) atoms. The topological polar surface area (TPSA) is 96.0 Å². The minimum atomic E-state index is -0.650. The van der Waals surface area contributed by atoms with E-state index in [1.54, 1.807) is 18.2 Å². The van der Waals surface area contributed by atoms with Crippen LogP contribution in [0.25, 0.3) is 6.08 Å². The maximum atomic E-state index is 12.3. The highest BCUT2D eigenvalue weighted by molar-refractivity contribution is 6.12. The van der Waals surface area contributed by atoms with E-state index in [0.717, 1.165) is 5.56 Å². The Morgan fingerprint density at radius 1 is 1.12 bits per heavy atom. The smallest absolute Gasteiger partial charge is 0.266 e. The monoisotopic (exact) mass is 333 g/mol. The molecule has 126 valence electrons. The summed E-state index contributed by atoms with van der Waals surface area (Å²) in [6.07, 6.45) is 1.51. The molecule has 0 bridgehead atoms. The number of hydrogen-bond donors (Lipinski definition) is 2. The maximum absolute atomic E-state index is 12.3. The van der Waals surface area contributed by atoms with E-state index < -0.39 is 11.8 Å². The molecule has 5 nitrogen and oxygen atoms in total. The highest BCUT2D eigenvalue weighted by Gasteiger charge is 2.14. The summed E-state index contributed by atoms with van der Waals surface area (Å²) in [6, 6.07) is 15.9. The van der Waals surface area contributed by atoms with Gasteiger partial charge in [0.05, 0.1) is 11.3 Å². The van der Waals surface area contributed by atoms with Crippen molar-refractivity contribution in [2.75, 3.05) is 5.32 Å². The molecular weight excluding hydrogens is 314 g/mol. The van der Waals surface area contributed by atoms with Crippen LogP contribution in [0.5, 0.6) is 0 Å². The maximum Gasteiger partial charge on any atom is 0.266 e. The Bertz CT molecular complexity index is 859. The predicted octanol–water partition coefficient (Wildman–Crippen LogP) is 3.45. The lowest BCUT2D eigenvalue weighted by molar-refractivity contribution is -0.112. The normalized spacial score (nSPS) is 11.0. The fourth-order valence-electron chi connectivity index (χ4n) is 2.29. The van der Waals surface area contributed by atoms with Gasteiger partial charge < -0.3 is 11.1 Å². The van der Waals surface area contributed by atoms with Gasteiger partial charge in [-0.05, 0) is 35.3 Å². The lowest BCUT2D eigenvalue weighted by Gasteiger charge is -2.08. The van der Waals surface area contributed by atoms with Crippen LogP contribution in [0.15, 0.2) is 54.1 Å². The van der Waals surface area contributed by atoms with Gasteiger partial charge in [-0.25, -0.2) is 0 Å². The first kappa shape index (κ1) is 18.0. The Morgan fingerprint density at radius 3 is 2.32 bits per heavy atom. The molecule has 2 rings (SSSR count). The van der Waals surface area contributed by atoms with Gasteiger partial charge >= 0.3 is 0 Å². The van der Waals surface area contributed by atoms with Gasteiger partial charge in [-0.3, -0.25) is 9.59 Å². The Kier molecular flexibility index (Phi) is 5.70. The van der Waals surface area contributed by atoms with Gasteiger partial charge in [0, 0.05) is 0 Å². The van der Waals surface area contributed by atoms with Crippen LogP contribution in [0, 0.1) is 11.3 Å². The molecule has 2 aromatic carbocycles. The minimum Gasteiger partial charge on any atom is -0.366 e. The van der Waals surface area contributed by atoms with E-state index in [1.807, 2.05) is 30.3 Å². The number of anilines is 1. The second kappa shape index (κ2) is 7.93. The van der Waals surface area contributed by atoms with E-state index in [4.69, 9.17) is 5.73 Å². The molecule has 2 amide bonds. The third-order valence-electron chi connectivity index (χ3n) is 3.72. The van der Waals surface area contributed by atoms with Crippen LogP contribution in [0.3, 0.4) is 0 Å². The second-order valence-electron chi connectivity index (χ2n) is 5.86. The van der Waals surface area contributed by atoms with E-state index >= 15 is 0 Å². The van der Waals surface area contributed by atoms with Gasteiger partial charge in [-0.2, -0.15) is 5.26 Å². The number of primary amides is 1. The van der Waals surface area contributed by atoms with Crippen LogP contribution in [0.1, 0.15) is 41.3 Å². The molecule has 0 saturated carbocycles. The summed E-state index contributed by atoms with van der Waals surface area (Å²) in [5, 5.41) is 11.8. The van der Waals surface area contributed by atoms with E-state index in [2.05, 4.69) is 19.2 Å². The summed E-state index contributed by atoms with van der Waals surface area (Å²) in [5.41, 5.74) is 7.62. The largest absolute Gasteiger partial charge is 0.366 e. The van der Waals surface area contributed by atoms with Crippen LogP contribution < -0.4 is 11.1 Å². The zero-order chi connectivity index (χ0) is 18.4. The zero-order valence-electron chi connectivity index (χ0n) is 14.1. The van der Waals surface area contributed by atoms with E-state index in [1.165, 1.54) is 17.7 Å². The summed E-state index contributed by atoms with van der Waals surface area (Å²) < 4.78 is 0. The van der Waals surface area contributed by atoms with Crippen molar-refractivity contribution in [2.45, 2.75) is 19.8 Å². The van der Waals surface area contributed by atoms with Gasteiger partial charge in [0.2, 0.25) is 0 Å². The average Bonchev–Trinajstić information content (AvgIpc) is 2.60. The summed E-state index contributed by atoms with van der Waals surface area (Å²) in [5.74, 6) is -0.839. The van der Waals surface area contributed by atoms with Crippen molar-refractivity contribution in [2.24, 2.45) is 5.73 Å². The van der Waals surface area contributed by atoms with Crippen molar-refractivity contribution in [1.29, 1.82) is 5.26 Å². The lowest BCUT2D eigenvalue weighted by atomic mass is 10.0. The molecule has 0 heterocycles. The summed E-state index contributed by atoms with van der Waals surface area (Å²) in [6.45, 7) is 4.18. The van der Waals surface area contributed by atoms with Crippen LogP contribution in [0.2, 0.25) is 0 Å². The Labute approximate surface area is 146 Å². The molecule has 0 aliphatic carbocycles. The van der Waals surface area contributed by atoms with E-state index in [-0.39, 0.29) is 16.8 Å². The number of hydrogen-bond acceptors (Lipinski definition) is 3. The van der Waals surface area contributed by atoms with Gasteiger partial charge in [-0.15, -0.1) is 0 Å². The minimum absolute atomic E-state index is 0.0587. The molecule has 0 fully saturated rings. The standard InChI is InChI=1S/C20H19N3O2/c1-13(2)15-9-7-14(8-10-15)11-16(12-21)20(25)23-18-6-4-3-5-17(18)19(22)24/h3-11,13H,1-2H3,(H2,22,24)(H,23,25)/b16-11+. The van der Waals surface area contributed by atoms with Gasteiger partial charge in [0.25, 0.3) is 11.8 Å². The molecule has 0 radical (unpaired) electrons. The predicted molar refractivity (Wildman–Crippen MR) is 97.7 cm³/mol. The molecule has 2 aromatic rings. The van der Waals surface area contributed by atoms with Gasteiger partial charge in [0.15, 0.2) is 0 Å². The van der Waals surface area contributed by atoms with Crippen LogP contribution >= 0.6 is 0 Å². The number of nitrogens with two attached hydrogens (primary N) is 1. The quantitative estimate of drug-likeness (QED) is 0.648. The van der Waals surface area contributed by atoms with Crippen molar-refractivity contribution in [1.82, 2.24) is 0 Å². The van der Waals surface area contributed by atoms with Crippen LogP contribution in [0.4, 0.5) is 5.69 Å². The number of amides is 2. The molecule has 0 unspecified atom stereocenters. The molecule has 0 atom stereocenters. The number of nitrogens with zero attached hydrogens (tertiary/aromatic N) is 1. The molecule has 0 aliphatic rings. The first-order valence-electron chi connectivity index (χ1n) is 7.84. The first-order chi connectivity index (χ1) is 11.9. The Hall–Kier alpha value is -3.39. The number of carbonyl (C=O) groups excluding carboxylic acids is 2. The van der Waals surface area contributed by atoms with Crippen molar-refractivity contribution >= 4 is 23.6 Å². The van der Waals surface area contributed by atoms with Crippen molar-refractivity contribution in [3.05, 3.63) is 70.8 Å². The Balaban J connectivity index is 2.24. The third-order valence-corrected chi connectivity index (χ3v) is 3.72. The number of para-hydroxylation sites is 1. The lowest BCUT2D eigenvalue weighted by Crippen LogP contribution is -2.19. The molecule has 0 aliphatic heterocycles. The van der Waals surface area contributed by atoms with Crippen molar-refractivity contribution in [3.8, 4) is 6.07 Å². The number of benzene rings is 2. The molecule has 0 saturated heterocycles. The third kappa shape index (κ3) is 4.55. The van der Waals surface area contributed by atoms with E-state index in [9.17, 15) is 14.9 Å². The molecule has 0 aromatic heterocycles.